The molecule has 1 atom stereocenters. The molecule has 84 valence electrons. The monoisotopic (exact) mass is 214 g/mol. The van der Waals surface area contributed by atoms with Crippen molar-refractivity contribution in [3.8, 4) is 6.07 Å². The Morgan fingerprint density at radius 1 is 1.50 bits per heavy atom. The molecular weight excluding hydrogens is 196 g/mol. The molecule has 1 rings (SSSR count). The fraction of sp³-hybridized carbons (Fsp3) is 0.357. The SMILES string of the molecule is CCNC(C)/C(C)=C/c1ccccc1C#N. The summed E-state index contributed by atoms with van der Waals surface area (Å²) in [5.74, 6) is 0. The fourth-order valence-electron chi connectivity index (χ4n) is 1.56. The summed E-state index contributed by atoms with van der Waals surface area (Å²) in [6, 6.07) is 10.2. The van der Waals surface area contributed by atoms with Crippen LogP contribution >= 0.6 is 0 Å². The van der Waals surface area contributed by atoms with Crippen molar-refractivity contribution in [3.63, 3.8) is 0 Å². The number of nitriles is 1. The first-order valence-corrected chi connectivity index (χ1v) is 5.59. The van der Waals surface area contributed by atoms with Crippen LogP contribution in [0.2, 0.25) is 0 Å². The summed E-state index contributed by atoms with van der Waals surface area (Å²) < 4.78 is 0. The Morgan fingerprint density at radius 3 is 2.81 bits per heavy atom. The van der Waals surface area contributed by atoms with Crippen LogP contribution < -0.4 is 5.32 Å². The van der Waals surface area contributed by atoms with Crippen LogP contribution in [-0.2, 0) is 0 Å². The van der Waals surface area contributed by atoms with E-state index in [4.69, 9.17) is 5.26 Å². The third-order valence-electron chi connectivity index (χ3n) is 2.66. The smallest absolute Gasteiger partial charge is 0.0997 e. The molecule has 0 aliphatic carbocycles. The van der Waals surface area contributed by atoms with Gasteiger partial charge in [0.1, 0.15) is 0 Å². The van der Waals surface area contributed by atoms with Gasteiger partial charge in [-0.15, -0.1) is 0 Å². The Morgan fingerprint density at radius 2 is 2.19 bits per heavy atom. The number of nitrogens with zero attached hydrogens (tertiary/aromatic N) is 1. The number of hydrogen-bond donors (Lipinski definition) is 1. The Kier molecular flexibility index (Phi) is 4.75. The molecule has 0 fully saturated rings. The molecule has 1 N–H and O–H groups in total. The third kappa shape index (κ3) is 3.22. The third-order valence-corrected chi connectivity index (χ3v) is 2.66. The van der Waals surface area contributed by atoms with Gasteiger partial charge in [-0.2, -0.15) is 5.26 Å². The van der Waals surface area contributed by atoms with Crippen molar-refractivity contribution in [3.05, 3.63) is 41.0 Å². The number of likely N-dealkylation sites (N-methyl/N-ethyl adjacent to an activating group) is 1. The normalized spacial score (nSPS) is 13.2. The van der Waals surface area contributed by atoms with E-state index in [0.717, 1.165) is 17.7 Å². The van der Waals surface area contributed by atoms with Gasteiger partial charge >= 0.3 is 0 Å². The average molecular weight is 214 g/mol. The van der Waals surface area contributed by atoms with E-state index < -0.39 is 0 Å². The van der Waals surface area contributed by atoms with Gasteiger partial charge in [-0.25, -0.2) is 0 Å². The van der Waals surface area contributed by atoms with Crippen LogP contribution in [0.3, 0.4) is 0 Å². The lowest BCUT2D eigenvalue weighted by molar-refractivity contribution is 0.636. The van der Waals surface area contributed by atoms with Crippen LogP contribution in [0.4, 0.5) is 0 Å². The summed E-state index contributed by atoms with van der Waals surface area (Å²) in [6.45, 7) is 7.26. The number of hydrogen-bond acceptors (Lipinski definition) is 2. The summed E-state index contributed by atoms with van der Waals surface area (Å²) in [5, 5.41) is 12.3. The Bertz CT molecular complexity index is 413. The van der Waals surface area contributed by atoms with Gasteiger partial charge in [0.05, 0.1) is 11.6 Å². The zero-order chi connectivity index (χ0) is 12.0. The lowest BCUT2D eigenvalue weighted by atomic mass is 10.0. The summed E-state index contributed by atoms with van der Waals surface area (Å²) in [6.07, 6.45) is 2.08. The predicted octanol–water partition coefficient (Wildman–Crippen LogP) is 2.96. The van der Waals surface area contributed by atoms with Crippen molar-refractivity contribution in [1.29, 1.82) is 5.26 Å². The molecule has 2 heteroatoms. The second kappa shape index (κ2) is 6.09. The molecule has 1 aromatic rings. The first-order valence-electron chi connectivity index (χ1n) is 5.59. The molecule has 0 radical (unpaired) electrons. The molecule has 0 amide bonds. The van der Waals surface area contributed by atoms with Crippen LogP contribution in [0, 0.1) is 11.3 Å². The number of benzene rings is 1. The van der Waals surface area contributed by atoms with Gasteiger partial charge in [-0.1, -0.05) is 36.8 Å². The molecular formula is C14H18N2. The van der Waals surface area contributed by atoms with Gasteiger partial charge in [0.15, 0.2) is 0 Å². The highest BCUT2D eigenvalue weighted by molar-refractivity contribution is 5.60. The average Bonchev–Trinajstić information content (AvgIpc) is 2.30. The second-order valence-corrected chi connectivity index (χ2v) is 3.87. The zero-order valence-electron chi connectivity index (χ0n) is 10.1. The molecule has 0 heterocycles. The standard InChI is InChI=1S/C14H18N2/c1-4-16-12(3)11(2)9-13-7-5-6-8-14(13)10-15/h5-9,12,16H,4H2,1-3H3/b11-9+. The van der Waals surface area contributed by atoms with Crippen molar-refractivity contribution in [2.45, 2.75) is 26.8 Å². The maximum atomic E-state index is 8.98. The summed E-state index contributed by atoms with van der Waals surface area (Å²) in [4.78, 5) is 0. The van der Waals surface area contributed by atoms with Gasteiger partial charge in [0.25, 0.3) is 0 Å². The van der Waals surface area contributed by atoms with Crippen molar-refractivity contribution in [1.82, 2.24) is 5.32 Å². The summed E-state index contributed by atoms with van der Waals surface area (Å²) in [5.41, 5.74) is 2.96. The van der Waals surface area contributed by atoms with Gasteiger partial charge in [-0.05, 0) is 32.0 Å². The Balaban J connectivity index is 2.94. The van der Waals surface area contributed by atoms with Gasteiger partial charge in [0, 0.05) is 6.04 Å². The molecule has 1 aromatic carbocycles. The lowest BCUT2D eigenvalue weighted by Gasteiger charge is -2.13. The van der Waals surface area contributed by atoms with Gasteiger partial charge in [-0.3, -0.25) is 0 Å². The first-order chi connectivity index (χ1) is 7.69. The largest absolute Gasteiger partial charge is 0.311 e. The Labute approximate surface area is 97.6 Å². The highest BCUT2D eigenvalue weighted by Gasteiger charge is 2.03. The minimum Gasteiger partial charge on any atom is -0.311 e. The molecule has 0 bridgehead atoms. The number of rotatable bonds is 4. The van der Waals surface area contributed by atoms with E-state index in [1.807, 2.05) is 24.3 Å². The molecule has 0 aromatic heterocycles. The lowest BCUT2D eigenvalue weighted by Crippen LogP contribution is -2.26. The van der Waals surface area contributed by atoms with Crippen molar-refractivity contribution >= 4 is 6.08 Å². The van der Waals surface area contributed by atoms with Gasteiger partial charge < -0.3 is 5.32 Å². The molecule has 0 saturated heterocycles. The molecule has 0 spiro atoms. The molecule has 0 aliphatic heterocycles. The summed E-state index contributed by atoms with van der Waals surface area (Å²) >= 11 is 0. The molecule has 1 unspecified atom stereocenters. The van der Waals surface area contributed by atoms with E-state index in [2.05, 4.69) is 38.2 Å². The van der Waals surface area contributed by atoms with Crippen LogP contribution in [0.1, 0.15) is 31.9 Å². The summed E-state index contributed by atoms with van der Waals surface area (Å²) in [7, 11) is 0. The predicted molar refractivity (Wildman–Crippen MR) is 67.9 cm³/mol. The molecule has 16 heavy (non-hydrogen) atoms. The Hall–Kier alpha value is -1.59. The minimum atomic E-state index is 0.344. The van der Waals surface area contributed by atoms with E-state index in [9.17, 15) is 0 Å². The molecule has 0 saturated carbocycles. The van der Waals surface area contributed by atoms with E-state index in [-0.39, 0.29) is 0 Å². The topological polar surface area (TPSA) is 35.8 Å². The maximum absolute atomic E-state index is 8.98. The van der Waals surface area contributed by atoms with Crippen LogP contribution in [0.5, 0.6) is 0 Å². The van der Waals surface area contributed by atoms with E-state index in [1.165, 1.54) is 5.57 Å². The first kappa shape index (κ1) is 12.5. The van der Waals surface area contributed by atoms with Crippen molar-refractivity contribution < 1.29 is 0 Å². The van der Waals surface area contributed by atoms with Crippen LogP contribution in [0.15, 0.2) is 29.8 Å². The second-order valence-electron chi connectivity index (χ2n) is 3.87. The zero-order valence-corrected chi connectivity index (χ0v) is 10.1. The molecule has 2 nitrogen and oxygen atoms in total. The quantitative estimate of drug-likeness (QED) is 0.836. The van der Waals surface area contributed by atoms with Crippen molar-refractivity contribution in [2.24, 2.45) is 0 Å². The van der Waals surface area contributed by atoms with Gasteiger partial charge in [0.2, 0.25) is 0 Å². The minimum absolute atomic E-state index is 0.344. The fourth-order valence-corrected chi connectivity index (χ4v) is 1.56. The number of nitrogens with one attached hydrogen (secondary N) is 1. The van der Waals surface area contributed by atoms with E-state index in [0.29, 0.717) is 6.04 Å². The highest BCUT2D eigenvalue weighted by Crippen LogP contribution is 2.13. The highest BCUT2D eigenvalue weighted by atomic mass is 14.9. The maximum Gasteiger partial charge on any atom is 0.0997 e. The molecule has 0 aliphatic rings. The van der Waals surface area contributed by atoms with E-state index in [1.54, 1.807) is 0 Å². The van der Waals surface area contributed by atoms with E-state index >= 15 is 0 Å². The van der Waals surface area contributed by atoms with Crippen molar-refractivity contribution in [2.75, 3.05) is 6.54 Å². The van der Waals surface area contributed by atoms with Crippen LogP contribution in [0.25, 0.3) is 6.08 Å². The van der Waals surface area contributed by atoms with Crippen LogP contribution in [-0.4, -0.2) is 12.6 Å².